The van der Waals surface area contributed by atoms with Crippen LogP contribution >= 0.6 is 0 Å². The van der Waals surface area contributed by atoms with E-state index in [9.17, 15) is 0 Å². The van der Waals surface area contributed by atoms with Gasteiger partial charge in [0.2, 0.25) is 0 Å². The summed E-state index contributed by atoms with van der Waals surface area (Å²) < 4.78 is 5.81. The van der Waals surface area contributed by atoms with Crippen molar-refractivity contribution in [2.45, 2.75) is 59.4 Å². The second-order valence-electron chi connectivity index (χ2n) is 5.50. The molecule has 2 heteroatoms. The van der Waals surface area contributed by atoms with Crippen molar-refractivity contribution in [3.63, 3.8) is 0 Å². The molecule has 0 aliphatic carbocycles. The van der Waals surface area contributed by atoms with Gasteiger partial charge in [-0.3, -0.25) is 0 Å². The second kappa shape index (κ2) is 6.79. The third-order valence-corrected chi connectivity index (χ3v) is 3.06. The summed E-state index contributed by atoms with van der Waals surface area (Å²) in [5, 5.41) is 0. The Bertz CT molecular complexity index is 383. The normalized spacial score (nSPS) is 12.8. The summed E-state index contributed by atoms with van der Waals surface area (Å²) in [4.78, 5) is 0. The van der Waals surface area contributed by atoms with Crippen LogP contribution in [0, 0.1) is 6.92 Å². The van der Waals surface area contributed by atoms with Crippen LogP contribution in [0.2, 0.25) is 0 Å². The number of ether oxygens (including phenoxy) is 1. The third kappa shape index (κ3) is 4.02. The van der Waals surface area contributed by atoms with Crippen LogP contribution in [0.1, 0.15) is 56.7 Å². The Balaban J connectivity index is 3.08. The zero-order chi connectivity index (χ0) is 13.7. The van der Waals surface area contributed by atoms with Gasteiger partial charge in [-0.05, 0) is 55.4 Å². The zero-order valence-corrected chi connectivity index (χ0v) is 12.4. The molecule has 0 fully saturated rings. The van der Waals surface area contributed by atoms with Crippen molar-refractivity contribution < 1.29 is 4.74 Å². The third-order valence-electron chi connectivity index (χ3n) is 3.06. The van der Waals surface area contributed by atoms with E-state index < -0.39 is 0 Å². The van der Waals surface area contributed by atoms with E-state index in [4.69, 9.17) is 10.5 Å². The molecule has 0 spiro atoms. The van der Waals surface area contributed by atoms with Gasteiger partial charge in [0.15, 0.2) is 0 Å². The van der Waals surface area contributed by atoms with Crippen molar-refractivity contribution in [1.82, 2.24) is 0 Å². The Morgan fingerprint density at radius 3 is 2.39 bits per heavy atom. The molecule has 0 heterocycles. The molecule has 1 aromatic carbocycles. The number of rotatable bonds is 6. The van der Waals surface area contributed by atoms with Crippen molar-refractivity contribution in [2.75, 3.05) is 6.61 Å². The van der Waals surface area contributed by atoms with Gasteiger partial charge in [-0.1, -0.05) is 26.8 Å². The quantitative estimate of drug-likeness (QED) is 0.832. The van der Waals surface area contributed by atoms with E-state index in [1.807, 2.05) is 0 Å². The van der Waals surface area contributed by atoms with Crippen LogP contribution < -0.4 is 10.5 Å². The minimum atomic E-state index is 0.198. The molecule has 1 atom stereocenters. The Labute approximate surface area is 112 Å². The molecule has 102 valence electrons. The molecular formula is C16H27NO. The molecule has 0 amide bonds. The second-order valence-corrected chi connectivity index (χ2v) is 5.50. The molecule has 2 nitrogen and oxygen atoms in total. The van der Waals surface area contributed by atoms with Crippen molar-refractivity contribution >= 4 is 0 Å². The summed E-state index contributed by atoms with van der Waals surface area (Å²) in [7, 11) is 0. The summed E-state index contributed by atoms with van der Waals surface area (Å²) in [6.07, 6.45) is 1.97. The highest BCUT2D eigenvalue weighted by Gasteiger charge is 2.12. The van der Waals surface area contributed by atoms with Crippen LogP contribution in [0.3, 0.4) is 0 Å². The first-order valence-electron chi connectivity index (χ1n) is 6.97. The SMILES string of the molecule is CCCOc1cc(C(C)C)c(CC(C)N)cc1C. The van der Waals surface area contributed by atoms with Gasteiger partial charge in [0, 0.05) is 6.04 Å². The fourth-order valence-corrected chi connectivity index (χ4v) is 2.19. The minimum Gasteiger partial charge on any atom is -0.493 e. The Morgan fingerprint density at radius 2 is 1.89 bits per heavy atom. The standard InChI is InChI=1S/C16H27NO/c1-6-7-18-16-10-15(11(2)3)14(8-12(16)4)9-13(5)17/h8,10-11,13H,6-7,9,17H2,1-5H3. The zero-order valence-electron chi connectivity index (χ0n) is 12.4. The van der Waals surface area contributed by atoms with Crippen LogP contribution in [0.5, 0.6) is 5.75 Å². The van der Waals surface area contributed by atoms with Crippen LogP contribution in [0.4, 0.5) is 0 Å². The van der Waals surface area contributed by atoms with E-state index in [1.54, 1.807) is 0 Å². The van der Waals surface area contributed by atoms with E-state index in [0.717, 1.165) is 25.2 Å². The largest absolute Gasteiger partial charge is 0.493 e. The lowest BCUT2D eigenvalue weighted by atomic mass is 9.91. The lowest BCUT2D eigenvalue weighted by Crippen LogP contribution is -2.19. The lowest BCUT2D eigenvalue weighted by molar-refractivity contribution is 0.314. The van der Waals surface area contributed by atoms with Gasteiger partial charge in [-0.25, -0.2) is 0 Å². The fourth-order valence-electron chi connectivity index (χ4n) is 2.19. The molecule has 1 unspecified atom stereocenters. The summed E-state index contributed by atoms with van der Waals surface area (Å²) in [5.74, 6) is 1.53. The average Bonchev–Trinajstić information content (AvgIpc) is 2.26. The predicted octanol–water partition coefficient (Wildman–Crippen LogP) is 3.80. The highest BCUT2D eigenvalue weighted by molar-refractivity contribution is 5.43. The molecule has 0 aromatic heterocycles. The van der Waals surface area contributed by atoms with Crippen LogP contribution in [0.25, 0.3) is 0 Å². The Kier molecular flexibility index (Phi) is 5.67. The average molecular weight is 249 g/mol. The summed E-state index contributed by atoms with van der Waals surface area (Å²) in [6, 6.07) is 4.64. The topological polar surface area (TPSA) is 35.2 Å². The van der Waals surface area contributed by atoms with Gasteiger partial charge in [-0.15, -0.1) is 0 Å². The van der Waals surface area contributed by atoms with E-state index in [-0.39, 0.29) is 6.04 Å². The molecule has 0 aliphatic heterocycles. The molecule has 0 radical (unpaired) electrons. The van der Waals surface area contributed by atoms with Crippen LogP contribution in [-0.4, -0.2) is 12.6 Å². The maximum atomic E-state index is 5.93. The highest BCUT2D eigenvalue weighted by atomic mass is 16.5. The summed E-state index contributed by atoms with van der Waals surface area (Å²) in [5.41, 5.74) is 9.87. The number of hydrogen-bond donors (Lipinski definition) is 1. The lowest BCUT2D eigenvalue weighted by Gasteiger charge is -2.18. The number of hydrogen-bond acceptors (Lipinski definition) is 2. The first kappa shape index (κ1) is 15.0. The van der Waals surface area contributed by atoms with Crippen molar-refractivity contribution in [2.24, 2.45) is 5.73 Å². The molecule has 1 rings (SSSR count). The van der Waals surface area contributed by atoms with Crippen molar-refractivity contribution in [1.29, 1.82) is 0 Å². The van der Waals surface area contributed by atoms with Gasteiger partial charge in [0.25, 0.3) is 0 Å². The Morgan fingerprint density at radius 1 is 1.22 bits per heavy atom. The van der Waals surface area contributed by atoms with E-state index in [2.05, 4.69) is 46.8 Å². The van der Waals surface area contributed by atoms with Gasteiger partial charge < -0.3 is 10.5 Å². The van der Waals surface area contributed by atoms with Crippen molar-refractivity contribution in [3.8, 4) is 5.75 Å². The smallest absolute Gasteiger partial charge is 0.122 e. The maximum Gasteiger partial charge on any atom is 0.122 e. The van der Waals surface area contributed by atoms with Gasteiger partial charge in [-0.2, -0.15) is 0 Å². The van der Waals surface area contributed by atoms with Gasteiger partial charge in [0.1, 0.15) is 5.75 Å². The number of benzene rings is 1. The molecule has 2 N–H and O–H groups in total. The minimum absolute atomic E-state index is 0.198. The van der Waals surface area contributed by atoms with E-state index in [1.165, 1.54) is 16.7 Å². The maximum absolute atomic E-state index is 5.93. The molecule has 0 saturated carbocycles. The first-order valence-corrected chi connectivity index (χ1v) is 6.97. The molecule has 0 aliphatic rings. The Hall–Kier alpha value is -1.02. The van der Waals surface area contributed by atoms with Crippen molar-refractivity contribution in [3.05, 3.63) is 28.8 Å². The van der Waals surface area contributed by atoms with Gasteiger partial charge >= 0.3 is 0 Å². The summed E-state index contributed by atoms with van der Waals surface area (Å²) >= 11 is 0. The molecule has 18 heavy (non-hydrogen) atoms. The predicted molar refractivity (Wildman–Crippen MR) is 78.4 cm³/mol. The first-order chi connectivity index (χ1) is 8.45. The summed E-state index contributed by atoms with van der Waals surface area (Å²) in [6.45, 7) is 11.5. The number of aryl methyl sites for hydroxylation is 1. The molecule has 1 aromatic rings. The highest BCUT2D eigenvalue weighted by Crippen LogP contribution is 2.29. The fraction of sp³-hybridized carbons (Fsp3) is 0.625. The monoisotopic (exact) mass is 249 g/mol. The van der Waals surface area contributed by atoms with E-state index in [0.29, 0.717) is 5.92 Å². The van der Waals surface area contributed by atoms with Crippen LogP contribution in [0.15, 0.2) is 12.1 Å². The molecular weight excluding hydrogens is 222 g/mol. The molecule has 0 bridgehead atoms. The van der Waals surface area contributed by atoms with Crippen LogP contribution in [-0.2, 0) is 6.42 Å². The van der Waals surface area contributed by atoms with E-state index >= 15 is 0 Å². The molecule has 0 saturated heterocycles. The van der Waals surface area contributed by atoms with Gasteiger partial charge in [0.05, 0.1) is 6.61 Å². The number of nitrogens with two attached hydrogens (primary N) is 1.